The number of carbonyl (C=O) groups excluding carboxylic acids is 1. The second-order valence-corrected chi connectivity index (χ2v) is 5.63. The van der Waals surface area contributed by atoms with Crippen LogP contribution in [0.3, 0.4) is 0 Å². The van der Waals surface area contributed by atoms with E-state index in [1.165, 1.54) is 0 Å². The molecule has 19 heavy (non-hydrogen) atoms. The molecule has 0 aliphatic rings. The normalized spacial score (nSPS) is 10.7. The third-order valence-corrected chi connectivity index (χ3v) is 3.29. The SMILES string of the molecule is CC(C)c1cc(NC(=O)Cc2ccc(Br)cc2)n[nH]1. The molecule has 2 rings (SSSR count). The van der Waals surface area contributed by atoms with Crippen molar-refractivity contribution in [1.82, 2.24) is 10.2 Å². The summed E-state index contributed by atoms with van der Waals surface area (Å²) >= 11 is 3.37. The first-order valence-electron chi connectivity index (χ1n) is 6.14. The van der Waals surface area contributed by atoms with E-state index in [1.807, 2.05) is 30.3 Å². The van der Waals surface area contributed by atoms with E-state index in [2.05, 4.69) is 45.3 Å². The van der Waals surface area contributed by atoms with Crippen molar-refractivity contribution in [3.63, 3.8) is 0 Å². The van der Waals surface area contributed by atoms with Gasteiger partial charge in [0.05, 0.1) is 6.42 Å². The average Bonchev–Trinajstić information content (AvgIpc) is 2.80. The van der Waals surface area contributed by atoms with E-state index in [0.29, 0.717) is 18.2 Å². The number of halogens is 1. The molecule has 2 N–H and O–H groups in total. The molecule has 5 heteroatoms. The molecule has 0 saturated heterocycles. The lowest BCUT2D eigenvalue weighted by molar-refractivity contribution is -0.115. The highest BCUT2D eigenvalue weighted by atomic mass is 79.9. The van der Waals surface area contributed by atoms with Crippen molar-refractivity contribution < 1.29 is 4.79 Å². The first-order chi connectivity index (χ1) is 9.04. The van der Waals surface area contributed by atoms with E-state index >= 15 is 0 Å². The van der Waals surface area contributed by atoms with Crippen LogP contribution in [0.5, 0.6) is 0 Å². The molecule has 0 fully saturated rings. The monoisotopic (exact) mass is 321 g/mol. The molecule has 0 atom stereocenters. The van der Waals surface area contributed by atoms with Gasteiger partial charge in [0.15, 0.2) is 5.82 Å². The van der Waals surface area contributed by atoms with Crippen LogP contribution in [0.1, 0.15) is 31.0 Å². The second kappa shape index (κ2) is 6.02. The van der Waals surface area contributed by atoms with Gasteiger partial charge in [0.25, 0.3) is 0 Å². The van der Waals surface area contributed by atoms with E-state index < -0.39 is 0 Å². The molecule has 0 unspecified atom stereocenters. The molecule has 1 aromatic carbocycles. The number of carbonyl (C=O) groups is 1. The summed E-state index contributed by atoms with van der Waals surface area (Å²) in [5, 5.41) is 9.77. The van der Waals surface area contributed by atoms with Gasteiger partial charge in [-0.05, 0) is 23.6 Å². The van der Waals surface area contributed by atoms with Crippen LogP contribution in [0, 0.1) is 0 Å². The van der Waals surface area contributed by atoms with E-state index in [4.69, 9.17) is 0 Å². The zero-order chi connectivity index (χ0) is 13.8. The highest BCUT2D eigenvalue weighted by molar-refractivity contribution is 9.10. The first kappa shape index (κ1) is 13.8. The van der Waals surface area contributed by atoms with Crippen LogP contribution in [0.4, 0.5) is 5.82 Å². The zero-order valence-corrected chi connectivity index (χ0v) is 12.5. The Labute approximate surface area is 120 Å². The fraction of sp³-hybridized carbons (Fsp3) is 0.286. The molecule has 4 nitrogen and oxygen atoms in total. The summed E-state index contributed by atoms with van der Waals surface area (Å²) < 4.78 is 1.01. The molecule has 1 amide bonds. The molecule has 1 heterocycles. The number of hydrogen-bond acceptors (Lipinski definition) is 2. The number of aromatic amines is 1. The number of rotatable bonds is 4. The van der Waals surface area contributed by atoms with Crippen LogP contribution in [0.25, 0.3) is 0 Å². The Bertz CT molecular complexity index is 560. The molecule has 0 aliphatic heterocycles. The standard InChI is InChI=1S/C14H16BrN3O/c1-9(2)12-8-13(18-17-12)16-14(19)7-10-3-5-11(15)6-4-10/h3-6,8-9H,7H2,1-2H3,(H2,16,17,18,19). The number of anilines is 1. The van der Waals surface area contributed by atoms with Crippen molar-refractivity contribution >= 4 is 27.7 Å². The van der Waals surface area contributed by atoms with E-state index in [9.17, 15) is 4.79 Å². The molecule has 100 valence electrons. The van der Waals surface area contributed by atoms with Crippen molar-refractivity contribution in [2.75, 3.05) is 5.32 Å². The molecule has 0 radical (unpaired) electrons. The lowest BCUT2D eigenvalue weighted by Crippen LogP contribution is -2.14. The Morgan fingerprint density at radius 2 is 2.05 bits per heavy atom. The number of amides is 1. The van der Waals surface area contributed by atoms with Gasteiger partial charge in [0.1, 0.15) is 0 Å². The maximum Gasteiger partial charge on any atom is 0.229 e. The van der Waals surface area contributed by atoms with Gasteiger partial charge in [-0.25, -0.2) is 0 Å². The zero-order valence-electron chi connectivity index (χ0n) is 10.9. The van der Waals surface area contributed by atoms with Crippen LogP contribution in [0.15, 0.2) is 34.8 Å². The molecule has 0 spiro atoms. The molecular weight excluding hydrogens is 306 g/mol. The summed E-state index contributed by atoms with van der Waals surface area (Å²) in [6, 6.07) is 9.56. The number of hydrogen-bond donors (Lipinski definition) is 2. The number of aromatic nitrogens is 2. The van der Waals surface area contributed by atoms with E-state index in [-0.39, 0.29) is 5.91 Å². The lowest BCUT2D eigenvalue weighted by Gasteiger charge is -2.02. The highest BCUT2D eigenvalue weighted by Crippen LogP contribution is 2.15. The second-order valence-electron chi connectivity index (χ2n) is 4.71. The van der Waals surface area contributed by atoms with E-state index in [0.717, 1.165) is 15.7 Å². The maximum absolute atomic E-state index is 11.9. The van der Waals surface area contributed by atoms with Crippen LogP contribution < -0.4 is 5.32 Å². The summed E-state index contributed by atoms with van der Waals surface area (Å²) in [5.74, 6) is 0.875. The van der Waals surface area contributed by atoms with Crippen LogP contribution in [0.2, 0.25) is 0 Å². The lowest BCUT2D eigenvalue weighted by atomic mass is 10.1. The molecular formula is C14H16BrN3O. The van der Waals surface area contributed by atoms with Crippen molar-refractivity contribution in [3.8, 4) is 0 Å². The van der Waals surface area contributed by atoms with Gasteiger partial charge in [0.2, 0.25) is 5.91 Å². The molecule has 0 bridgehead atoms. The van der Waals surface area contributed by atoms with Crippen LogP contribution >= 0.6 is 15.9 Å². The predicted molar refractivity (Wildman–Crippen MR) is 79.2 cm³/mol. The van der Waals surface area contributed by atoms with Gasteiger partial charge in [-0.2, -0.15) is 5.10 Å². The molecule has 0 aliphatic carbocycles. The third kappa shape index (κ3) is 3.92. The summed E-state index contributed by atoms with van der Waals surface area (Å²) in [5.41, 5.74) is 1.99. The van der Waals surface area contributed by atoms with Gasteiger partial charge in [0, 0.05) is 16.2 Å². The Balaban J connectivity index is 1.95. The fourth-order valence-electron chi connectivity index (χ4n) is 1.67. The fourth-order valence-corrected chi connectivity index (χ4v) is 1.94. The summed E-state index contributed by atoms with van der Waals surface area (Å²) in [6.07, 6.45) is 0.344. The number of nitrogens with one attached hydrogen (secondary N) is 2. The Morgan fingerprint density at radius 3 is 2.63 bits per heavy atom. The van der Waals surface area contributed by atoms with Crippen molar-refractivity contribution in [1.29, 1.82) is 0 Å². The quantitative estimate of drug-likeness (QED) is 0.905. The minimum Gasteiger partial charge on any atom is -0.309 e. The number of benzene rings is 1. The number of nitrogens with zero attached hydrogens (tertiary/aromatic N) is 1. The summed E-state index contributed by atoms with van der Waals surface area (Å²) in [6.45, 7) is 4.14. The Morgan fingerprint density at radius 1 is 1.37 bits per heavy atom. The topological polar surface area (TPSA) is 57.8 Å². The maximum atomic E-state index is 11.9. The van der Waals surface area contributed by atoms with Crippen LogP contribution in [-0.2, 0) is 11.2 Å². The molecule has 0 saturated carbocycles. The summed E-state index contributed by atoms with van der Waals surface area (Å²) in [7, 11) is 0. The van der Waals surface area contributed by atoms with E-state index in [1.54, 1.807) is 0 Å². The Kier molecular flexibility index (Phi) is 4.37. The molecule has 2 aromatic rings. The first-order valence-corrected chi connectivity index (χ1v) is 6.93. The third-order valence-electron chi connectivity index (χ3n) is 2.77. The minimum absolute atomic E-state index is 0.0656. The van der Waals surface area contributed by atoms with Gasteiger partial charge in [-0.3, -0.25) is 9.89 Å². The van der Waals surface area contributed by atoms with Crippen molar-refractivity contribution in [3.05, 3.63) is 46.1 Å². The van der Waals surface area contributed by atoms with Gasteiger partial charge >= 0.3 is 0 Å². The summed E-state index contributed by atoms with van der Waals surface area (Å²) in [4.78, 5) is 11.9. The smallest absolute Gasteiger partial charge is 0.229 e. The van der Waals surface area contributed by atoms with Crippen molar-refractivity contribution in [2.24, 2.45) is 0 Å². The predicted octanol–water partition coefficient (Wildman–Crippen LogP) is 3.48. The highest BCUT2D eigenvalue weighted by Gasteiger charge is 2.08. The largest absolute Gasteiger partial charge is 0.309 e. The minimum atomic E-state index is -0.0656. The van der Waals surface area contributed by atoms with Crippen LogP contribution in [-0.4, -0.2) is 16.1 Å². The average molecular weight is 322 g/mol. The Hall–Kier alpha value is -1.62. The number of H-pyrrole nitrogens is 1. The molecule has 1 aromatic heterocycles. The van der Waals surface area contributed by atoms with Gasteiger partial charge in [-0.15, -0.1) is 0 Å². The van der Waals surface area contributed by atoms with Crippen molar-refractivity contribution in [2.45, 2.75) is 26.2 Å². The van der Waals surface area contributed by atoms with Gasteiger partial charge in [-0.1, -0.05) is 41.9 Å². The van der Waals surface area contributed by atoms with Gasteiger partial charge < -0.3 is 5.32 Å².